The zero-order valence-corrected chi connectivity index (χ0v) is 15.3. The number of pyridine rings is 1. The molecule has 0 unspecified atom stereocenters. The van der Waals surface area contributed by atoms with Crippen LogP contribution in [0.25, 0.3) is 0 Å². The number of hydrogen-bond donors (Lipinski definition) is 2. The van der Waals surface area contributed by atoms with Crippen LogP contribution in [0, 0.1) is 0 Å². The Bertz CT molecular complexity index is 888. The molecule has 1 fully saturated rings. The Labute approximate surface area is 161 Å². The van der Waals surface area contributed by atoms with Gasteiger partial charge in [0.1, 0.15) is 17.2 Å². The second-order valence-corrected chi connectivity index (χ2v) is 7.18. The molecule has 148 valence electrons. The first-order valence-electron chi connectivity index (χ1n) is 9.28. The molecule has 2 aromatic rings. The third-order valence-corrected chi connectivity index (χ3v) is 5.06. The lowest BCUT2D eigenvalue weighted by atomic mass is 10.1. The lowest BCUT2D eigenvalue weighted by Gasteiger charge is -2.28. The summed E-state index contributed by atoms with van der Waals surface area (Å²) in [6, 6.07) is 9.22. The highest BCUT2D eigenvalue weighted by Crippen LogP contribution is 2.39. The summed E-state index contributed by atoms with van der Waals surface area (Å²) < 4.78 is 39.5. The van der Waals surface area contributed by atoms with Gasteiger partial charge in [0.2, 0.25) is 0 Å². The van der Waals surface area contributed by atoms with Crippen LogP contribution in [0.5, 0.6) is 0 Å². The van der Waals surface area contributed by atoms with Crippen molar-refractivity contribution in [3.63, 3.8) is 0 Å². The molecule has 28 heavy (non-hydrogen) atoms. The number of alkyl halides is 3. The van der Waals surface area contributed by atoms with Crippen LogP contribution < -0.4 is 16.0 Å². The molecular weight excluding hydrogens is 367 g/mol. The lowest BCUT2D eigenvalue weighted by Crippen LogP contribution is -2.23. The van der Waals surface area contributed by atoms with Crippen LogP contribution in [-0.4, -0.2) is 23.0 Å². The minimum absolute atomic E-state index is 0.165. The Morgan fingerprint density at radius 3 is 2.50 bits per heavy atom. The smallest absolute Gasteiger partial charge is 0.382 e. The van der Waals surface area contributed by atoms with Gasteiger partial charge in [-0.3, -0.25) is 4.90 Å². The van der Waals surface area contributed by atoms with Gasteiger partial charge in [-0.1, -0.05) is 24.3 Å². The van der Waals surface area contributed by atoms with Gasteiger partial charge in [-0.2, -0.15) is 13.2 Å². The van der Waals surface area contributed by atoms with Crippen LogP contribution in [-0.2, 0) is 19.3 Å². The number of benzene rings is 1. The van der Waals surface area contributed by atoms with Crippen LogP contribution in [0.15, 0.2) is 42.7 Å². The van der Waals surface area contributed by atoms with E-state index in [1.54, 1.807) is 17.3 Å². The van der Waals surface area contributed by atoms with Crippen LogP contribution in [0.2, 0.25) is 0 Å². The number of nitrogens with one attached hydrogen (secondary N) is 1. The van der Waals surface area contributed by atoms with Gasteiger partial charge in [-0.15, -0.1) is 0 Å². The highest BCUT2D eigenvalue weighted by Gasteiger charge is 2.35. The van der Waals surface area contributed by atoms with Gasteiger partial charge >= 0.3 is 6.18 Å². The van der Waals surface area contributed by atoms with Crippen LogP contribution >= 0.6 is 0 Å². The second kappa shape index (κ2) is 7.35. The molecule has 2 aliphatic rings. The summed E-state index contributed by atoms with van der Waals surface area (Å²) in [6.07, 6.45) is 1.29. The van der Waals surface area contributed by atoms with Crippen LogP contribution in [0.1, 0.15) is 29.7 Å². The molecule has 8 heteroatoms. The molecule has 0 bridgehead atoms. The van der Waals surface area contributed by atoms with Crippen molar-refractivity contribution in [2.45, 2.75) is 32.1 Å². The van der Waals surface area contributed by atoms with E-state index < -0.39 is 11.9 Å². The molecule has 4 rings (SSSR count). The quantitative estimate of drug-likeness (QED) is 0.822. The first kappa shape index (κ1) is 18.6. The Balaban J connectivity index is 1.58. The molecule has 3 N–H and O–H groups in total. The molecule has 1 saturated heterocycles. The number of halogens is 3. The largest absolute Gasteiger partial charge is 0.433 e. The molecule has 2 aliphatic heterocycles. The van der Waals surface area contributed by atoms with Gasteiger partial charge in [0.05, 0.1) is 5.69 Å². The molecule has 0 spiro atoms. The lowest BCUT2D eigenvalue weighted by molar-refractivity contribution is -0.141. The highest BCUT2D eigenvalue weighted by molar-refractivity contribution is 5.83. The van der Waals surface area contributed by atoms with Crippen LogP contribution in [0.4, 0.5) is 30.4 Å². The summed E-state index contributed by atoms with van der Waals surface area (Å²) >= 11 is 0. The van der Waals surface area contributed by atoms with Crippen molar-refractivity contribution in [3.05, 3.63) is 59.6 Å². The van der Waals surface area contributed by atoms with E-state index in [0.717, 1.165) is 31.3 Å². The monoisotopic (exact) mass is 389 g/mol. The summed E-state index contributed by atoms with van der Waals surface area (Å²) in [5.41, 5.74) is 7.78. The van der Waals surface area contributed by atoms with Crippen molar-refractivity contribution in [2.75, 3.05) is 29.0 Å². The van der Waals surface area contributed by atoms with E-state index in [9.17, 15) is 13.2 Å². The summed E-state index contributed by atoms with van der Waals surface area (Å²) in [5, 5.41) is 2.90. The summed E-state index contributed by atoms with van der Waals surface area (Å²) in [4.78, 5) is 7.67. The highest BCUT2D eigenvalue weighted by atomic mass is 19.4. The Morgan fingerprint density at radius 1 is 1.07 bits per heavy atom. The fourth-order valence-electron chi connectivity index (χ4n) is 3.72. The fourth-order valence-corrected chi connectivity index (χ4v) is 3.72. The first-order chi connectivity index (χ1) is 13.4. The number of aromatic nitrogens is 1. The van der Waals surface area contributed by atoms with E-state index in [1.165, 1.54) is 18.4 Å². The van der Waals surface area contributed by atoms with E-state index in [2.05, 4.69) is 27.3 Å². The third kappa shape index (κ3) is 3.91. The number of anilines is 3. The predicted molar refractivity (Wildman–Crippen MR) is 104 cm³/mol. The third-order valence-electron chi connectivity index (χ3n) is 5.06. The standard InChI is InChI=1S/C20H22F3N5/c21-20(22,23)17-11-16-18(19(24)26-17)25-6-9-28(16)13-15-5-3-4-14(10-15)12-27-7-1-2-8-27/h3-6,9-11,25H,1-2,7-8,12-13H2,(H2,24,26). The Hall–Kier alpha value is -2.74. The number of nitrogens with zero attached hydrogens (tertiary/aromatic N) is 3. The maximum atomic E-state index is 13.2. The van der Waals surface area contributed by atoms with Gasteiger partial charge < -0.3 is 16.0 Å². The van der Waals surface area contributed by atoms with Crippen molar-refractivity contribution in [1.82, 2.24) is 9.88 Å². The van der Waals surface area contributed by atoms with Crippen molar-refractivity contribution >= 4 is 17.2 Å². The minimum Gasteiger partial charge on any atom is -0.382 e. The Morgan fingerprint density at radius 2 is 1.79 bits per heavy atom. The van der Waals surface area contributed by atoms with Gasteiger partial charge in [0, 0.05) is 25.5 Å². The molecule has 1 aromatic heterocycles. The SMILES string of the molecule is Nc1nc(C(F)(F)F)cc2c1NC=CN2Cc1cccc(CN2CCCC2)c1. The normalized spacial score (nSPS) is 16.9. The van der Waals surface area contributed by atoms with Gasteiger partial charge in [-0.05, 0) is 43.1 Å². The van der Waals surface area contributed by atoms with E-state index in [1.807, 2.05) is 12.1 Å². The van der Waals surface area contributed by atoms with Gasteiger partial charge in [0.25, 0.3) is 0 Å². The van der Waals surface area contributed by atoms with E-state index in [0.29, 0.717) is 17.9 Å². The molecule has 3 heterocycles. The molecule has 0 aliphatic carbocycles. The average Bonchev–Trinajstić information content (AvgIpc) is 3.15. The molecule has 1 aromatic carbocycles. The maximum Gasteiger partial charge on any atom is 0.433 e. The predicted octanol–water partition coefficient (Wildman–Crippen LogP) is 4.18. The molecule has 5 nitrogen and oxygen atoms in total. The number of nitrogen functional groups attached to an aromatic ring is 1. The van der Waals surface area contributed by atoms with E-state index in [-0.39, 0.29) is 5.82 Å². The molecule has 0 saturated carbocycles. The van der Waals surface area contributed by atoms with Crippen molar-refractivity contribution in [1.29, 1.82) is 0 Å². The first-order valence-corrected chi connectivity index (χ1v) is 9.28. The number of nitrogens with two attached hydrogens (primary N) is 1. The molecular formula is C20H22F3N5. The number of fused-ring (bicyclic) bond motifs is 1. The maximum absolute atomic E-state index is 13.2. The van der Waals surface area contributed by atoms with Crippen molar-refractivity contribution < 1.29 is 13.2 Å². The van der Waals surface area contributed by atoms with Crippen LogP contribution in [0.3, 0.4) is 0 Å². The van der Waals surface area contributed by atoms with Gasteiger partial charge in [-0.25, -0.2) is 4.98 Å². The molecule has 0 radical (unpaired) electrons. The summed E-state index contributed by atoms with van der Waals surface area (Å²) in [7, 11) is 0. The number of hydrogen-bond acceptors (Lipinski definition) is 5. The summed E-state index contributed by atoms with van der Waals surface area (Å²) in [6.45, 7) is 3.58. The zero-order valence-electron chi connectivity index (χ0n) is 15.3. The molecule has 0 amide bonds. The minimum atomic E-state index is -4.55. The number of likely N-dealkylation sites (tertiary alicyclic amines) is 1. The summed E-state index contributed by atoms with van der Waals surface area (Å²) in [5.74, 6) is -0.165. The van der Waals surface area contributed by atoms with Gasteiger partial charge in [0.15, 0.2) is 0 Å². The molecule has 0 atom stereocenters. The average molecular weight is 389 g/mol. The topological polar surface area (TPSA) is 57.4 Å². The van der Waals surface area contributed by atoms with E-state index in [4.69, 9.17) is 5.73 Å². The zero-order chi connectivity index (χ0) is 19.7. The Kier molecular flexibility index (Phi) is 4.89. The number of rotatable bonds is 4. The fraction of sp³-hybridized carbons (Fsp3) is 0.350. The van der Waals surface area contributed by atoms with Crippen molar-refractivity contribution in [2.24, 2.45) is 0 Å². The second-order valence-electron chi connectivity index (χ2n) is 7.18. The van der Waals surface area contributed by atoms with E-state index >= 15 is 0 Å². The van der Waals surface area contributed by atoms with Crippen molar-refractivity contribution in [3.8, 4) is 0 Å².